The van der Waals surface area contributed by atoms with Crippen LogP contribution in [0.1, 0.15) is 22.3 Å². The molecule has 2 nitrogen and oxygen atoms in total. The second-order valence-electron chi connectivity index (χ2n) is 4.46. The standard InChI is InChI=1S/C16H15NO/c1-11-14-5-3-2-4-13(14)10-18-16-7-6-12(9-17)8-15(11)16/h2-8H,1,9-10,17H2. The number of hydrogen-bond acceptors (Lipinski definition) is 2. The average molecular weight is 237 g/mol. The first kappa shape index (κ1) is 11.1. The van der Waals surface area contributed by atoms with Crippen molar-refractivity contribution in [2.45, 2.75) is 13.2 Å². The Balaban J connectivity index is 2.17. The topological polar surface area (TPSA) is 35.2 Å². The molecule has 0 saturated carbocycles. The van der Waals surface area contributed by atoms with E-state index < -0.39 is 0 Å². The fourth-order valence-corrected chi connectivity index (χ4v) is 2.31. The van der Waals surface area contributed by atoms with E-state index >= 15 is 0 Å². The van der Waals surface area contributed by atoms with E-state index in [0.29, 0.717) is 13.2 Å². The van der Waals surface area contributed by atoms with Gasteiger partial charge in [-0.05, 0) is 34.4 Å². The first-order valence-electron chi connectivity index (χ1n) is 6.03. The monoisotopic (exact) mass is 237 g/mol. The van der Waals surface area contributed by atoms with Crippen LogP contribution >= 0.6 is 0 Å². The van der Waals surface area contributed by atoms with E-state index in [4.69, 9.17) is 10.5 Å². The van der Waals surface area contributed by atoms with Crippen LogP contribution < -0.4 is 10.5 Å². The first-order valence-corrected chi connectivity index (χ1v) is 6.03. The average Bonchev–Trinajstić information content (AvgIpc) is 2.57. The minimum atomic E-state index is 0.530. The molecular weight excluding hydrogens is 222 g/mol. The lowest BCUT2D eigenvalue weighted by Crippen LogP contribution is -1.98. The number of benzene rings is 2. The zero-order valence-corrected chi connectivity index (χ0v) is 10.1. The van der Waals surface area contributed by atoms with E-state index in [0.717, 1.165) is 28.0 Å². The Morgan fingerprint density at radius 3 is 2.78 bits per heavy atom. The van der Waals surface area contributed by atoms with E-state index in [9.17, 15) is 0 Å². The van der Waals surface area contributed by atoms with E-state index in [1.54, 1.807) is 0 Å². The van der Waals surface area contributed by atoms with Crippen molar-refractivity contribution >= 4 is 5.57 Å². The molecule has 2 N–H and O–H groups in total. The molecule has 0 unspecified atom stereocenters. The highest BCUT2D eigenvalue weighted by molar-refractivity contribution is 5.83. The van der Waals surface area contributed by atoms with E-state index in [1.165, 1.54) is 5.56 Å². The Labute approximate surface area is 107 Å². The molecule has 0 atom stereocenters. The molecule has 3 rings (SSSR count). The number of nitrogens with two attached hydrogens (primary N) is 1. The summed E-state index contributed by atoms with van der Waals surface area (Å²) in [5.74, 6) is 0.883. The molecule has 0 amide bonds. The van der Waals surface area contributed by atoms with Crippen LogP contribution in [-0.4, -0.2) is 0 Å². The highest BCUT2D eigenvalue weighted by Gasteiger charge is 2.17. The van der Waals surface area contributed by atoms with Crippen LogP contribution in [0.15, 0.2) is 49.0 Å². The minimum Gasteiger partial charge on any atom is -0.488 e. The van der Waals surface area contributed by atoms with Gasteiger partial charge >= 0.3 is 0 Å². The molecule has 1 aliphatic rings. The van der Waals surface area contributed by atoms with Crippen LogP contribution in [0.5, 0.6) is 5.75 Å². The normalized spacial score (nSPS) is 13.3. The van der Waals surface area contributed by atoms with Gasteiger partial charge in [0, 0.05) is 12.1 Å². The lowest BCUT2D eigenvalue weighted by Gasteiger charge is -2.10. The zero-order valence-electron chi connectivity index (χ0n) is 10.1. The van der Waals surface area contributed by atoms with Gasteiger partial charge in [0.2, 0.25) is 0 Å². The number of fused-ring (bicyclic) bond motifs is 2. The summed E-state index contributed by atoms with van der Waals surface area (Å²) in [5, 5.41) is 0. The fraction of sp³-hybridized carbons (Fsp3) is 0.125. The second-order valence-corrected chi connectivity index (χ2v) is 4.46. The molecule has 1 aliphatic heterocycles. The van der Waals surface area contributed by atoms with Gasteiger partial charge < -0.3 is 10.5 Å². The van der Waals surface area contributed by atoms with E-state index in [2.05, 4.69) is 24.8 Å². The van der Waals surface area contributed by atoms with E-state index in [-0.39, 0.29) is 0 Å². The summed E-state index contributed by atoms with van der Waals surface area (Å²) in [7, 11) is 0. The van der Waals surface area contributed by atoms with Crippen LogP contribution in [0.2, 0.25) is 0 Å². The molecule has 0 radical (unpaired) electrons. The van der Waals surface area contributed by atoms with Crippen molar-refractivity contribution in [3.8, 4) is 5.75 Å². The third-order valence-corrected chi connectivity index (χ3v) is 3.33. The maximum absolute atomic E-state index is 5.84. The number of rotatable bonds is 1. The Kier molecular flexibility index (Phi) is 2.65. The summed E-state index contributed by atoms with van der Waals surface area (Å²) < 4.78 is 5.84. The van der Waals surface area contributed by atoms with Gasteiger partial charge in [-0.2, -0.15) is 0 Å². The molecule has 2 aromatic carbocycles. The Morgan fingerprint density at radius 2 is 1.94 bits per heavy atom. The van der Waals surface area contributed by atoms with Gasteiger partial charge in [-0.15, -0.1) is 0 Å². The predicted molar refractivity (Wildman–Crippen MR) is 73.2 cm³/mol. The Bertz CT molecular complexity index is 616. The summed E-state index contributed by atoms with van der Waals surface area (Å²) in [6.07, 6.45) is 0. The van der Waals surface area contributed by atoms with Crippen LogP contribution in [0, 0.1) is 0 Å². The minimum absolute atomic E-state index is 0.530. The van der Waals surface area contributed by atoms with Crippen molar-refractivity contribution in [3.63, 3.8) is 0 Å². The number of ether oxygens (including phenoxy) is 1. The van der Waals surface area contributed by atoms with Crippen molar-refractivity contribution in [2.75, 3.05) is 0 Å². The maximum atomic E-state index is 5.84. The fourth-order valence-electron chi connectivity index (χ4n) is 2.31. The predicted octanol–water partition coefficient (Wildman–Crippen LogP) is 3.10. The van der Waals surface area contributed by atoms with E-state index in [1.807, 2.05) is 24.3 Å². The number of hydrogen-bond donors (Lipinski definition) is 1. The molecule has 2 heteroatoms. The molecule has 0 spiro atoms. The summed E-state index contributed by atoms with van der Waals surface area (Å²) in [6, 6.07) is 14.3. The van der Waals surface area contributed by atoms with Crippen molar-refractivity contribution < 1.29 is 4.74 Å². The van der Waals surface area contributed by atoms with Crippen LogP contribution in [-0.2, 0) is 13.2 Å². The molecule has 18 heavy (non-hydrogen) atoms. The van der Waals surface area contributed by atoms with Gasteiger partial charge in [0.15, 0.2) is 0 Å². The van der Waals surface area contributed by atoms with Crippen molar-refractivity contribution in [1.82, 2.24) is 0 Å². The molecule has 0 aromatic heterocycles. The molecule has 1 heterocycles. The smallest absolute Gasteiger partial charge is 0.127 e. The van der Waals surface area contributed by atoms with Crippen LogP contribution in [0.25, 0.3) is 5.57 Å². The molecule has 90 valence electrons. The van der Waals surface area contributed by atoms with Gasteiger partial charge in [0.1, 0.15) is 12.4 Å². The SMILES string of the molecule is C=C1c2ccccc2COc2ccc(CN)cc21. The molecule has 2 aromatic rings. The maximum Gasteiger partial charge on any atom is 0.127 e. The third kappa shape index (κ3) is 1.71. The van der Waals surface area contributed by atoms with Crippen LogP contribution in [0.3, 0.4) is 0 Å². The summed E-state index contributed by atoms with van der Waals surface area (Å²) in [4.78, 5) is 0. The quantitative estimate of drug-likeness (QED) is 0.827. The summed E-state index contributed by atoms with van der Waals surface area (Å²) in [5.41, 5.74) is 11.2. The highest BCUT2D eigenvalue weighted by atomic mass is 16.5. The Hall–Kier alpha value is -2.06. The second kappa shape index (κ2) is 4.31. The van der Waals surface area contributed by atoms with Crippen LogP contribution in [0.4, 0.5) is 0 Å². The third-order valence-electron chi connectivity index (χ3n) is 3.33. The molecular formula is C16H15NO. The van der Waals surface area contributed by atoms with Gasteiger partial charge in [0.25, 0.3) is 0 Å². The Morgan fingerprint density at radius 1 is 1.11 bits per heavy atom. The van der Waals surface area contributed by atoms with Crippen molar-refractivity contribution in [3.05, 3.63) is 71.3 Å². The van der Waals surface area contributed by atoms with Gasteiger partial charge in [-0.25, -0.2) is 0 Å². The lowest BCUT2D eigenvalue weighted by molar-refractivity contribution is 0.307. The highest BCUT2D eigenvalue weighted by Crippen LogP contribution is 2.35. The van der Waals surface area contributed by atoms with Gasteiger partial charge in [-0.1, -0.05) is 36.9 Å². The molecule has 0 fully saturated rings. The molecule has 0 aliphatic carbocycles. The molecule has 0 saturated heterocycles. The zero-order chi connectivity index (χ0) is 12.5. The first-order chi connectivity index (χ1) is 8.79. The van der Waals surface area contributed by atoms with Gasteiger partial charge in [0.05, 0.1) is 0 Å². The lowest BCUT2D eigenvalue weighted by atomic mass is 9.95. The van der Waals surface area contributed by atoms with Gasteiger partial charge in [-0.3, -0.25) is 0 Å². The van der Waals surface area contributed by atoms with Crippen molar-refractivity contribution in [2.24, 2.45) is 5.73 Å². The summed E-state index contributed by atoms with van der Waals surface area (Å²) >= 11 is 0. The summed E-state index contributed by atoms with van der Waals surface area (Å²) in [6.45, 7) is 5.33. The molecule has 0 bridgehead atoms. The van der Waals surface area contributed by atoms with Crippen molar-refractivity contribution in [1.29, 1.82) is 0 Å². The largest absolute Gasteiger partial charge is 0.488 e.